The highest BCUT2D eigenvalue weighted by Crippen LogP contribution is 2.44. The second-order valence-corrected chi connectivity index (χ2v) is 24.0. The van der Waals surface area contributed by atoms with Crippen molar-refractivity contribution in [3.8, 4) is 56.8 Å². The number of hydrogen-bond acceptors (Lipinski definition) is 20. The first-order valence-corrected chi connectivity index (χ1v) is 27.7. The molecule has 2 heterocycles. The number of rotatable bonds is 30. The summed E-state index contributed by atoms with van der Waals surface area (Å²) < 4.78 is 58.2. The predicted molar refractivity (Wildman–Crippen MR) is 314 cm³/mol. The number of carbonyl (C=O) groups is 4. The van der Waals surface area contributed by atoms with Crippen LogP contribution in [0.15, 0.2) is 48.5 Å². The molecule has 0 spiro atoms. The maximum atomic E-state index is 13.5. The molecule has 82 heavy (non-hydrogen) atoms. The highest BCUT2D eigenvalue weighted by Gasteiger charge is 2.28. The van der Waals surface area contributed by atoms with Crippen LogP contribution in [0.4, 0.5) is 0 Å². The molecular formula is C62H92N6O14. The topological polar surface area (TPSA) is 222 Å². The SMILES string of the molecule is COc1cc(OC)c(-c2cc(CN(CC(=O)OC(C)(C)C)CC(=O)OC(C)(C)C)nc(CN(CCCCCCN)Cc3cc(-c4c(OC)cc(OC)cc4OC)cc(CN(CC(=O)OC(C)(C)C)CC(=O)OC(C)(C)C)n3)c2)c(OC)c1. The van der Waals surface area contributed by atoms with Gasteiger partial charge in [0.25, 0.3) is 0 Å². The second-order valence-electron chi connectivity index (χ2n) is 24.0. The molecule has 0 atom stereocenters. The van der Waals surface area contributed by atoms with Gasteiger partial charge in [0.15, 0.2) is 0 Å². The van der Waals surface area contributed by atoms with Gasteiger partial charge in [-0.25, -0.2) is 0 Å². The average Bonchev–Trinajstić information content (AvgIpc) is 3.57. The van der Waals surface area contributed by atoms with E-state index in [0.717, 1.165) is 25.7 Å². The van der Waals surface area contributed by atoms with Crippen LogP contribution in [0.2, 0.25) is 0 Å². The fourth-order valence-corrected chi connectivity index (χ4v) is 9.02. The fourth-order valence-electron chi connectivity index (χ4n) is 9.02. The molecule has 2 aromatic carbocycles. The quantitative estimate of drug-likeness (QED) is 0.0292. The van der Waals surface area contributed by atoms with Crippen LogP contribution in [-0.4, -0.2) is 153 Å². The number of nitrogens with zero attached hydrogens (tertiary/aromatic N) is 5. The Balaban J connectivity index is 2.01. The van der Waals surface area contributed by atoms with E-state index in [9.17, 15) is 19.2 Å². The van der Waals surface area contributed by atoms with Gasteiger partial charge in [0, 0.05) is 50.4 Å². The van der Waals surface area contributed by atoms with Crippen LogP contribution in [0.3, 0.4) is 0 Å². The van der Waals surface area contributed by atoms with E-state index in [4.69, 9.17) is 63.1 Å². The third-order valence-corrected chi connectivity index (χ3v) is 11.9. The van der Waals surface area contributed by atoms with E-state index >= 15 is 0 Å². The monoisotopic (exact) mass is 1140 g/mol. The molecule has 0 unspecified atom stereocenters. The van der Waals surface area contributed by atoms with Gasteiger partial charge in [-0.1, -0.05) is 12.8 Å². The molecule has 0 aliphatic rings. The molecule has 0 aliphatic carbocycles. The minimum atomic E-state index is -0.781. The van der Waals surface area contributed by atoms with Gasteiger partial charge in [0.1, 0.15) is 56.9 Å². The van der Waals surface area contributed by atoms with E-state index in [1.54, 1.807) is 160 Å². The van der Waals surface area contributed by atoms with Crippen molar-refractivity contribution in [2.24, 2.45) is 5.73 Å². The fraction of sp³-hybridized carbons (Fsp3) is 0.581. The van der Waals surface area contributed by atoms with E-state index in [0.29, 0.717) is 92.6 Å². The first-order valence-electron chi connectivity index (χ1n) is 27.7. The standard InChI is InChI=1S/C62H92N6O14/c1-59(2,3)79-53(69)37-67(38-54(70)80-60(4,5)6)35-45-27-41(57-49(75-15)29-47(73-13)30-50(57)76-16)25-43(64-45)33-66(24-22-20-19-21-23-63)34-44-26-42(58-51(77-17)31-48(74-14)32-52(58)78-18)28-46(65-44)36-68(39-55(71)81-61(7,8)9)40-56(72)82-62(10,11)12/h25-32H,19-24,33-40,63H2,1-18H3. The van der Waals surface area contributed by atoms with Crippen molar-refractivity contribution in [3.63, 3.8) is 0 Å². The van der Waals surface area contributed by atoms with Gasteiger partial charge in [-0.15, -0.1) is 0 Å². The van der Waals surface area contributed by atoms with Crippen LogP contribution in [-0.2, 0) is 64.3 Å². The van der Waals surface area contributed by atoms with Crippen molar-refractivity contribution >= 4 is 23.9 Å². The van der Waals surface area contributed by atoms with Crippen molar-refractivity contribution in [2.75, 3.05) is 81.9 Å². The molecular weight excluding hydrogens is 1050 g/mol. The number of unbranched alkanes of at least 4 members (excludes halogenated alkanes) is 3. The summed E-state index contributed by atoms with van der Waals surface area (Å²) in [5, 5.41) is 0. The Morgan fingerprint density at radius 2 is 0.659 bits per heavy atom. The number of ether oxygens (including phenoxy) is 10. The summed E-state index contributed by atoms with van der Waals surface area (Å²) in [6, 6.07) is 14.8. The lowest BCUT2D eigenvalue weighted by atomic mass is 10.0. The summed E-state index contributed by atoms with van der Waals surface area (Å²) in [4.78, 5) is 70.2. The Bertz CT molecular complexity index is 2470. The first kappa shape index (κ1) is 67.8. The molecule has 0 amide bonds. The Hall–Kier alpha value is -6.74. The van der Waals surface area contributed by atoms with Gasteiger partial charge in [-0.05, 0) is 144 Å². The summed E-state index contributed by atoms with van der Waals surface area (Å²) in [7, 11) is 9.39. The average molecular weight is 1150 g/mol. The highest BCUT2D eigenvalue weighted by atomic mass is 16.6. The van der Waals surface area contributed by atoms with E-state index in [1.165, 1.54) is 0 Å². The van der Waals surface area contributed by atoms with Crippen LogP contribution in [0, 0.1) is 0 Å². The molecule has 20 nitrogen and oxygen atoms in total. The zero-order chi connectivity index (χ0) is 61.2. The lowest BCUT2D eigenvalue weighted by Crippen LogP contribution is -2.39. The lowest BCUT2D eigenvalue weighted by Gasteiger charge is -2.27. The molecule has 0 radical (unpaired) electrons. The van der Waals surface area contributed by atoms with Crippen LogP contribution >= 0.6 is 0 Å². The molecule has 0 saturated heterocycles. The summed E-state index contributed by atoms with van der Waals surface area (Å²) in [6.07, 6.45) is 3.52. The number of benzene rings is 2. The Labute approximate surface area is 486 Å². The minimum absolute atomic E-state index is 0.0424. The summed E-state index contributed by atoms with van der Waals surface area (Å²) in [5.74, 6) is 0.831. The number of hydrogen-bond donors (Lipinski definition) is 1. The Morgan fingerprint density at radius 1 is 0.390 bits per heavy atom. The van der Waals surface area contributed by atoms with Crippen LogP contribution in [0.1, 0.15) is 132 Å². The molecule has 0 aliphatic heterocycles. The number of esters is 4. The van der Waals surface area contributed by atoms with E-state index in [-0.39, 0.29) is 52.4 Å². The van der Waals surface area contributed by atoms with Crippen molar-refractivity contribution in [2.45, 2.75) is 157 Å². The van der Waals surface area contributed by atoms with Crippen LogP contribution < -0.4 is 34.2 Å². The summed E-state index contributed by atoms with van der Waals surface area (Å²) in [5.41, 5.74) is 7.76. The smallest absolute Gasteiger partial charge is 0.320 e. The summed E-state index contributed by atoms with van der Waals surface area (Å²) in [6.45, 7) is 22.3. The molecule has 0 bridgehead atoms. The molecule has 2 N–H and O–H groups in total. The Morgan fingerprint density at radius 3 is 0.902 bits per heavy atom. The Kier molecular flexibility index (Phi) is 25.2. The molecule has 2 aromatic heterocycles. The number of nitrogens with two attached hydrogens (primary N) is 1. The van der Waals surface area contributed by atoms with Crippen molar-refractivity contribution in [3.05, 3.63) is 71.3 Å². The van der Waals surface area contributed by atoms with Crippen molar-refractivity contribution in [1.29, 1.82) is 0 Å². The molecule has 0 fully saturated rings. The number of aromatic nitrogens is 2. The van der Waals surface area contributed by atoms with E-state index < -0.39 is 46.3 Å². The van der Waals surface area contributed by atoms with Gasteiger partial charge < -0.3 is 53.1 Å². The molecule has 20 heteroatoms. The van der Waals surface area contributed by atoms with Gasteiger partial charge in [-0.3, -0.25) is 43.8 Å². The summed E-state index contributed by atoms with van der Waals surface area (Å²) >= 11 is 0. The molecule has 0 saturated carbocycles. The largest absolute Gasteiger partial charge is 0.496 e. The van der Waals surface area contributed by atoms with Gasteiger partial charge in [0.2, 0.25) is 0 Å². The normalized spacial score (nSPS) is 12.1. The third-order valence-electron chi connectivity index (χ3n) is 11.9. The molecule has 4 aromatic rings. The predicted octanol–water partition coefficient (Wildman–Crippen LogP) is 9.35. The van der Waals surface area contributed by atoms with Crippen LogP contribution in [0.25, 0.3) is 22.3 Å². The number of methoxy groups -OCH3 is 6. The maximum Gasteiger partial charge on any atom is 0.320 e. The van der Waals surface area contributed by atoms with Crippen LogP contribution in [0.5, 0.6) is 34.5 Å². The second kappa shape index (κ2) is 30.5. The first-order chi connectivity index (χ1) is 38.4. The zero-order valence-corrected chi connectivity index (χ0v) is 52.0. The van der Waals surface area contributed by atoms with Crippen molar-refractivity contribution in [1.82, 2.24) is 24.7 Å². The minimum Gasteiger partial charge on any atom is -0.496 e. The highest BCUT2D eigenvalue weighted by molar-refractivity contribution is 5.81. The van der Waals surface area contributed by atoms with E-state index in [1.807, 2.05) is 24.3 Å². The lowest BCUT2D eigenvalue weighted by molar-refractivity contribution is -0.162. The molecule has 4 rings (SSSR count). The van der Waals surface area contributed by atoms with Gasteiger partial charge >= 0.3 is 23.9 Å². The molecule has 454 valence electrons. The number of carbonyl (C=O) groups excluding carboxylic acids is 4. The zero-order valence-electron chi connectivity index (χ0n) is 52.0. The van der Waals surface area contributed by atoms with Gasteiger partial charge in [0.05, 0.1) is 103 Å². The van der Waals surface area contributed by atoms with Crippen molar-refractivity contribution < 1.29 is 66.5 Å². The maximum absolute atomic E-state index is 13.5. The van der Waals surface area contributed by atoms with E-state index in [2.05, 4.69) is 4.90 Å². The van der Waals surface area contributed by atoms with Gasteiger partial charge in [-0.2, -0.15) is 0 Å². The third kappa shape index (κ3) is 23.3. The number of pyridine rings is 2.